The summed E-state index contributed by atoms with van der Waals surface area (Å²) in [6.07, 6.45) is 6.71. The van der Waals surface area contributed by atoms with Gasteiger partial charge in [-0.1, -0.05) is 19.8 Å². The molecular formula is C15H30N2O2S. The molecule has 0 bridgehead atoms. The zero-order valence-corrected chi connectivity index (χ0v) is 14.0. The summed E-state index contributed by atoms with van der Waals surface area (Å²) in [4.78, 5) is 2.38. The third-order valence-corrected chi connectivity index (χ3v) is 7.01. The van der Waals surface area contributed by atoms with Crippen LogP contribution in [0.2, 0.25) is 0 Å². The molecule has 2 atom stereocenters. The summed E-state index contributed by atoms with van der Waals surface area (Å²) >= 11 is 0. The first-order chi connectivity index (χ1) is 9.33. The van der Waals surface area contributed by atoms with Crippen molar-refractivity contribution in [2.45, 2.75) is 57.0 Å². The molecule has 1 aliphatic carbocycles. The summed E-state index contributed by atoms with van der Waals surface area (Å²) in [5, 5.41) is 3.67. The molecule has 0 spiro atoms. The average Bonchev–Trinajstić information content (AvgIpc) is 2.37. The maximum absolute atomic E-state index is 11.5. The van der Waals surface area contributed by atoms with Gasteiger partial charge in [-0.25, -0.2) is 8.42 Å². The first-order valence-electron chi connectivity index (χ1n) is 7.94. The Balaban J connectivity index is 1.90. The quantitative estimate of drug-likeness (QED) is 0.858. The molecule has 118 valence electrons. The SMILES string of the molecule is CC1CCCC(CNC2CCS(=O)(=O)CC2)(N(C)C)C1. The Morgan fingerprint density at radius 2 is 1.85 bits per heavy atom. The van der Waals surface area contributed by atoms with Crippen LogP contribution in [-0.2, 0) is 9.84 Å². The van der Waals surface area contributed by atoms with Crippen LogP contribution in [0.5, 0.6) is 0 Å². The normalized spacial score (nSPS) is 35.3. The van der Waals surface area contributed by atoms with Crippen molar-refractivity contribution in [3.05, 3.63) is 0 Å². The van der Waals surface area contributed by atoms with E-state index in [-0.39, 0.29) is 5.54 Å². The lowest BCUT2D eigenvalue weighted by Gasteiger charge is -2.46. The fourth-order valence-electron chi connectivity index (χ4n) is 3.79. The molecule has 1 N–H and O–H groups in total. The van der Waals surface area contributed by atoms with Crippen LogP contribution in [0.25, 0.3) is 0 Å². The van der Waals surface area contributed by atoms with Crippen LogP contribution in [0.4, 0.5) is 0 Å². The first-order valence-corrected chi connectivity index (χ1v) is 9.76. The smallest absolute Gasteiger partial charge is 0.150 e. The molecule has 2 unspecified atom stereocenters. The molecule has 1 heterocycles. The third-order valence-electron chi connectivity index (χ3n) is 5.29. The molecular weight excluding hydrogens is 272 g/mol. The van der Waals surface area contributed by atoms with Gasteiger partial charge in [0.25, 0.3) is 0 Å². The summed E-state index contributed by atoms with van der Waals surface area (Å²) in [5.74, 6) is 1.51. The molecule has 2 rings (SSSR count). The van der Waals surface area contributed by atoms with Crippen molar-refractivity contribution in [3.63, 3.8) is 0 Å². The van der Waals surface area contributed by atoms with Gasteiger partial charge in [0.1, 0.15) is 9.84 Å². The highest BCUT2D eigenvalue weighted by molar-refractivity contribution is 7.91. The summed E-state index contributed by atoms with van der Waals surface area (Å²) in [6.45, 7) is 3.35. The van der Waals surface area contributed by atoms with Crippen molar-refractivity contribution in [1.29, 1.82) is 0 Å². The van der Waals surface area contributed by atoms with E-state index >= 15 is 0 Å². The van der Waals surface area contributed by atoms with Crippen LogP contribution in [0, 0.1) is 5.92 Å². The van der Waals surface area contributed by atoms with E-state index in [1.807, 2.05) is 0 Å². The highest BCUT2D eigenvalue weighted by atomic mass is 32.2. The first kappa shape index (κ1) is 16.2. The van der Waals surface area contributed by atoms with Crippen molar-refractivity contribution in [3.8, 4) is 0 Å². The van der Waals surface area contributed by atoms with Crippen LogP contribution in [-0.4, -0.2) is 57.0 Å². The molecule has 2 aliphatic rings. The van der Waals surface area contributed by atoms with E-state index < -0.39 is 9.84 Å². The lowest BCUT2D eigenvalue weighted by atomic mass is 9.75. The minimum absolute atomic E-state index is 0.258. The van der Waals surface area contributed by atoms with Crippen LogP contribution in [0.15, 0.2) is 0 Å². The van der Waals surface area contributed by atoms with Crippen molar-refractivity contribution < 1.29 is 8.42 Å². The standard InChI is InChI=1S/C15H30N2O2S/c1-13-5-4-8-15(11-13,17(2)3)12-16-14-6-9-20(18,19)10-7-14/h13-14,16H,4-12H2,1-3H3. The number of hydrogen-bond acceptors (Lipinski definition) is 4. The molecule has 0 aromatic rings. The minimum atomic E-state index is -2.75. The van der Waals surface area contributed by atoms with E-state index in [0.717, 1.165) is 25.3 Å². The zero-order chi connectivity index (χ0) is 14.8. The molecule has 0 radical (unpaired) electrons. The van der Waals surface area contributed by atoms with E-state index in [4.69, 9.17) is 0 Å². The molecule has 1 saturated carbocycles. The summed E-state index contributed by atoms with van der Waals surface area (Å²) in [7, 11) is 1.62. The van der Waals surface area contributed by atoms with Gasteiger partial charge in [-0.2, -0.15) is 0 Å². The van der Waals surface area contributed by atoms with Crippen LogP contribution in [0.3, 0.4) is 0 Å². The predicted octanol–water partition coefficient (Wildman–Crippen LogP) is 1.66. The van der Waals surface area contributed by atoms with E-state index in [0.29, 0.717) is 17.5 Å². The average molecular weight is 302 g/mol. The van der Waals surface area contributed by atoms with Gasteiger partial charge in [-0.05, 0) is 45.7 Å². The summed E-state index contributed by atoms with van der Waals surface area (Å²) < 4.78 is 23.0. The molecule has 1 aliphatic heterocycles. The van der Waals surface area contributed by atoms with Crippen molar-refractivity contribution in [2.75, 3.05) is 32.1 Å². The second-order valence-electron chi connectivity index (χ2n) is 7.13. The number of sulfone groups is 1. The van der Waals surface area contributed by atoms with Gasteiger partial charge in [0.2, 0.25) is 0 Å². The number of nitrogens with one attached hydrogen (secondary N) is 1. The maximum atomic E-state index is 11.5. The number of likely N-dealkylation sites (N-methyl/N-ethyl adjacent to an activating group) is 1. The molecule has 4 nitrogen and oxygen atoms in total. The van der Waals surface area contributed by atoms with Crippen LogP contribution < -0.4 is 5.32 Å². The molecule has 20 heavy (non-hydrogen) atoms. The van der Waals surface area contributed by atoms with Gasteiger partial charge in [-0.15, -0.1) is 0 Å². The Kier molecular flexibility index (Phi) is 5.14. The topological polar surface area (TPSA) is 49.4 Å². The highest BCUT2D eigenvalue weighted by Gasteiger charge is 2.37. The molecule has 0 amide bonds. The third kappa shape index (κ3) is 3.95. The molecule has 0 aromatic carbocycles. The second-order valence-corrected chi connectivity index (χ2v) is 9.43. The fraction of sp³-hybridized carbons (Fsp3) is 1.00. The number of hydrogen-bond donors (Lipinski definition) is 1. The fourth-order valence-corrected chi connectivity index (χ4v) is 5.28. The van der Waals surface area contributed by atoms with Gasteiger partial charge < -0.3 is 10.2 Å². The largest absolute Gasteiger partial charge is 0.312 e. The molecule has 2 fully saturated rings. The predicted molar refractivity (Wildman–Crippen MR) is 83.7 cm³/mol. The van der Waals surface area contributed by atoms with E-state index in [1.54, 1.807) is 0 Å². The van der Waals surface area contributed by atoms with Crippen molar-refractivity contribution in [1.82, 2.24) is 10.2 Å². The van der Waals surface area contributed by atoms with Crippen LogP contribution in [0.1, 0.15) is 45.4 Å². The number of nitrogens with zero attached hydrogens (tertiary/aromatic N) is 1. The maximum Gasteiger partial charge on any atom is 0.150 e. The Labute approximate surface area is 124 Å². The Hall–Kier alpha value is -0.130. The van der Waals surface area contributed by atoms with Gasteiger partial charge >= 0.3 is 0 Å². The monoisotopic (exact) mass is 302 g/mol. The van der Waals surface area contributed by atoms with Crippen molar-refractivity contribution in [2.24, 2.45) is 5.92 Å². The molecule has 5 heteroatoms. The van der Waals surface area contributed by atoms with Gasteiger partial charge in [0.05, 0.1) is 11.5 Å². The van der Waals surface area contributed by atoms with E-state index in [9.17, 15) is 8.42 Å². The van der Waals surface area contributed by atoms with E-state index in [1.165, 1.54) is 25.7 Å². The van der Waals surface area contributed by atoms with Gasteiger partial charge in [-0.3, -0.25) is 0 Å². The Morgan fingerprint density at radius 3 is 2.40 bits per heavy atom. The van der Waals surface area contributed by atoms with Crippen molar-refractivity contribution >= 4 is 9.84 Å². The highest BCUT2D eigenvalue weighted by Crippen LogP contribution is 2.35. The lowest BCUT2D eigenvalue weighted by molar-refractivity contribution is 0.0718. The summed E-state index contributed by atoms with van der Waals surface area (Å²) in [6, 6.07) is 0.382. The second kappa shape index (κ2) is 6.32. The Bertz CT molecular complexity index is 408. The van der Waals surface area contributed by atoms with Gasteiger partial charge in [0, 0.05) is 18.1 Å². The zero-order valence-electron chi connectivity index (χ0n) is 13.2. The minimum Gasteiger partial charge on any atom is -0.312 e. The number of rotatable bonds is 4. The molecule has 1 saturated heterocycles. The Morgan fingerprint density at radius 1 is 1.20 bits per heavy atom. The van der Waals surface area contributed by atoms with Crippen LogP contribution >= 0.6 is 0 Å². The summed E-state index contributed by atoms with van der Waals surface area (Å²) in [5.41, 5.74) is 0.258. The van der Waals surface area contributed by atoms with E-state index in [2.05, 4.69) is 31.2 Å². The van der Waals surface area contributed by atoms with Gasteiger partial charge in [0.15, 0.2) is 0 Å². The molecule has 0 aromatic heterocycles. The lowest BCUT2D eigenvalue weighted by Crippen LogP contribution is -2.56.